The summed E-state index contributed by atoms with van der Waals surface area (Å²) < 4.78 is 5.13. The maximum atomic E-state index is 12.1. The van der Waals surface area contributed by atoms with Crippen molar-refractivity contribution in [2.24, 2.45) is 5.73 Å². The molecule has 0 radical (unpaired) electrons. The number of carbonyl (C=O) groups excluding carboxylic acids is 1. The largest absolute Gasteiger partial charge is 0.497 e. The van der Waals surface area contributed by atoms with Gasteiger partial charge >= 0.3 is 11.9 Å². The van der Waals surface area contributed by atoms with Crippen LogP contribution >= 0.6 is 0 Å². The van der Waals surface area contributed by atoms with Crippen LogP contribution in [0.4, 0.5) is 0 Å². The van der Waals surface area contributed by atoms with Crippen LogP contribution in [0.2, 0.25) is 0 Å². The van der Waals surface area contributed by atoms with Crippen molar-refractivity contribution in [3.05, 3.63) is 65.4 Å². The number of aliphatic carboxylic acids is 2. The van der Waals surface area contributed by atoms with Crippen LogP contribution in [0, 0.1) is 0 Å². The van der Waals surface area contributed by atoms with E-state index >= 15 is 0 Å². The molecule has 3 aromatic rings. The fourth-order valence-electron chi connectivity index (χ4n) is 3.08. The molecule has 6 N–H and O–H groups in total. The highest BCUT2D eigenvalue weighted by Crippen LogP contribution is 2.20. The maximum Gasteiger partial charge on any atom is 0.414 e. The Hall–Kier alpha value is -3.85. The van der Waals surface area contributed by atoms with Gasteiger partial charge in [0.15, 0.2) is 0 Å². The molecule has 0 atom stereocenters. The molecule has 2 aromatic carbocycles. The summed E-state index contributed by atoms with van der Waals surface area (Å²) in [5.41, 5.74) is 10.2. The Morgan fingerprint density at radius 3 is 2.25 bits per heavy atom. The molecule has 0 aliphatic carbocycles. The fraction of sp³-hybridized carbons (Fsp3) is 0.261. The van der Waals surface area contributed by atoms with E-state index in [0.29, 0.717) is 19.5 Å². The summed E-state index contributed by atoms with van der Waals surface area (Å²) in [6, 6.07) is 13.9. The van der Waals surface area contributed by atoms with Crippen LogP contribution in [0.25, 0.3) is 10.9 Å². The molecule has 0 unspecified atom stereocenters. The average molecular weight is 441 g/mol. The zero-order valence-corrected chi connectivity index (χ0v) is 17.8. The number of carboxylic acids is 2. The van der Waals surface area contributed by atoms with Crippen molar-refractivity contribution in [1.82, 2.24) is 10.3 Å². The number of methoxy groups -OCH3 is 1. The van der Waals surface area contributed by atoms with Gasteiger partial charge in [0.25, 0.3) is 0 Å². The van der Waals surface area contributed by atoms with Gasteiger partial charge in [-0.15, -0.1) is 0 Å². The van der Waals surface area contributed by atoms with Crippen molar-refractivity contribution in [2.75, 3.05) is 20.2 Å². The third-order valence-corrected chi connectivity index (χ3v) is 4.69. The number of carboxylic acid groups (broad SMARTS) is 2. The van der Waals surface area contributed by atoms with E-state index in [1.807, 2.05) is 30.5 Å². The van der Waals surface area contributed by atoms with Crippen LogP contribution in [0.15, 0.2) is 48.7 Å². The molecule has 0 aliphatic rings. The highest BCUT2D eigenvalue weighted by atomic mass is 16.5. The van der Waals surface area contributed by atoms with E-state index in [0.717, 1.165) is 29.7 Å². The van der Waals surface area contributed by atoms with E-state index in [9.17, 15) is 4.79 Å². The van der Waals surface area contributed by atoms with Crippen molar-refractivity contribution >= 4 is 28.7 Å². The molecular formula is C23H27N3O6. The first-order valence-electron chi connectivity index (χ1n) is 9.98. The average Bonchev–Trinajstić information content (AvgIpc) is 3.17. The number of nitrogens with two attached hydrogens (primary N) is 1. The second-order valence-electron chi connectivity index (χ2n) is 6.97. The van der Waals surface area contributed by atoms with Gasteiger partial charge in [-0.05, 0) is 60.3 Å². The van der Waals surface area contributed by atoms with E-state index < -0.39 is 11.9 Å². The summed E-state index contributed by atoms with van der Waals surface area (Å²) in [5, 5.41) is 19.0. The Labute approximate surface area is 185 Å². The number of aromatic amines is 1. The molecule has 1 heterocycles. The Bertz CT molecular complexity index is 1050. The normalized spacial score (nSPS) is 10.2. The maximum absolute atomic E-state index is 12.1. The minimum Gasteiger partial charge on any atom is -0.497 e. The van der Waals surface area contributed by atoms with Crippen molar-refractivity contribution in [2.45, 2.75) is 19.3 Å². The zero-order valence-electron chi connectivity index (χ0n) is 17.8. The number of ether oxygens (including phenoxy) is 1. The lowest BCUT2D eigenvalue weighted by Crippen LogP contribution is -2.27. The molecule has 3 rings (SSSR count). The van der Waals surface area contributed by atoms with E-state index in [-0.39, 0.29) is 5.91 Å². The summed E-state index contributed by atoms with van der Waals surface area (Å²) >= 11 is 0. The second kappa shape index (κ2) is 12.1. The van der Waals surface area contributed by atoms with Crippen LogP contribution in [-0.2, 0) is 33.6 Å². The first kappa shape index (κ1) is 24.4. The molecule has 0 fully saturated rings. The van der Waals surface area contributed by atoms with Crippen LogP contribution in [-0.4, -0.2) is 53.2 Å². The van der Waals surface area contributed by atoms with Crippen LogP contribution < -0.4 is 15.8 Å². The molecular weight excluding hydrogens is 414 g/mol. The zero-order chi connectivity index (χ0) is 23.5. The minimum atomic E-state index is -1.82. The van der Waals surface area contributed by atoms with Crippen molar-refractivity contribution in [3.63, 3.8) is 0 Å². The monoisotopic (exact) mass is 441 g/mol. The van der Waals surface area contributed by atoms with Crippen LogP contribution in [0.1, 0.15) is 16.7 Å². The molecule has 0 bridgehead atoms. The number of nitrogens with one attached hydrogen (secondary N) is 2. The molecule has 1 amide bonds. The molecule has 9 nitrogen and oxygen atoms in total. The molecule has 0 saturated carbocycles. The van der Waals surface area contributed by atoms with Crippen molar-refractivity contribution in [1.29, 1.82) is 0 Å². The van der Waals surface area contributed by atoms with Gasteiger partial charge in [-0.3, -0.25) is 4.79 Å². The summed E-state index contributed by atoms with van der Waals surface area (Å²) in [7, 11) is 1.63. The number of aromatic nitrogens is 1. The number of benzene rings is 2. The lowest BCUT2D eigenvalue weighted by atomic mass is 10.1. The van der Waals surface area contributed by atoms with E-state index in [1.54, 1.807) is 7.11 Å². The smallest absolute Gasteiger partial charge is 0.414 e. The third-order valence-electron chi connectivity index (χ3n) is 4.69. The third kappa shape index (κ3) is 7.44. The number of H-pyrrole nitrogens is 1. The van der Waals surface area contributed by atoms with Gasteiger partial charge in [0.2, 0.25) is 5.91 Å². The summed E-state index contributed by atoms with van der Waals surface area (Å²) in [5.74, 6) is -2.82. The van der Waals surface area contributed by atoms with Gasteiger partial charge in [0, 0.05) is 23.6 Å². The Kier molecular flexibility index (Phi) is 9.24. The molecule has 170 valence electrons. The Balaban J connectivity index is 0.000000534. The van der Waals surface area contributed by atoms with Gasteiger partial charge in [0.1, 0.15) is 5.75 Å². The quantitative estimate of drug-likeness (QED) is 0.333. The van der Waals surface area contributed by atoms with Crippen LogP contribution in [0.3, 0.4) is 0 Å². The standard InChI is InChI=1S/C21H25N3O2.C2H2O4/c1-26-18-5-2-15(3-6-18)13-21(25)23-11-9-16-4-7-20-19(12-16)17(8-10-22)14-24-20;3-1(4)2(5)6/h2-7,12,14,24H,8-11,13,22H2,1H3,(H,23,25);(H,3,4)(H,5,6). The van der Waals surface area contributed by atoms with E-state index in [4.69, 9.17) is 30.3 Å². The lowest BCUT2D eigenvalue weighted by molar-refractivity contribution is -0.159. The molecule has 1 aromatic heterocycles. The topological polar surface area (TPSA) is 155 Å². The highest BCUT2D eigenvalue weighted by Gasteiger charge is 2.06. The van der Waals surface area contributed by atoms with Gasteiger partial charge in [-0.2, -0.15) is 0 Å². The number of fused-ring (bicyclic) bond motifs is 1. The Morgan fingerprint density at radius 1 is 1.00 bits per heavy atom. The summed E-state index contributed by atoms with van der Waals surface area (Å²) in [6.45, 7) is 1.26. The number of hydrogen-bond acceptors (Lipinski definition) is 5. The van der Waals surface area contributed by atoms with Gasteiger partial charge in [-0.25, -0.2) is 9.59 Å². The summed E-state index contributed by atoms with van der Waals surface area (Å²) in [4.78, 5) is 33.6. The minimum absolute atomic E-state index is 0.0294. The number of carbonyl (C=O) groups is 3. The SMILES string of the molecule is COc1ccc(CC(=O)NCCc2ccc3[nH]cc(CCN)c3c2)cc1.O=C(O)C(=O)O. The number of amides is 1. The van der Waals surface area contributed by atoms with Gasteiger partial charge in [-0.1, -0.05) is 18.2 Å². The molecule has 9 heteroatoms. The highest BCUT2D eigenvalue weighted by molar-refractivity contribution is 6.27. The van der Waals surface area contributed by atoms with Gasteiger partial charge < -0.3 is 31.0 Å². The number of rotatable bonds is 8. The molecule has 0 saturated heterocycles. The predicted octanol–water partition coefficient (Wildman–Crippen LogP) is 1.73. The van der Waals surface area contributed by atoms with Crippen LogP contribution in [0.5, 0.6) is 5.75 Å². The first-order chi connectivity index (χ1) is 15.3. The summed E-state index contributed by atoms with van der Waals surface area (Å²) in [6.07, 6.45) is 4.07. The van der Waals surface area contributed by atoms with E-state index in [2.05, 4.69) is 28.5 Å². The molecule has 0 spiro atoms. The molecule has 0 aliphatic heterocycles. The second-order valence-corrected chi connectivity index (χ2v) is 6.97. The van der Waals surface area contributed by atoms with Crippen molar-refractivity contribution in [3.8, 4) is 5.75 Å². The fourth-order valence-corrected chi connectivity index (χ4v) is 3.08. The lowest BCUT2D eigenvalue weighted by Gasteiger charge is -2.07. The Morgan fingerprint density at radius 2 is 1.66 bits per heavy atom. The van der Waals surface area contributed by atoms with Crippen molar-refractivity contribution < 1.29 is 29.3 Å². The van der Waals surface area contributed by atoms with E-state index in [1.165, 1.54) is 16.5 Å². The number of hydrogen-bond donors (Lipinski definition) is 5. The first-order valence-corrected chi connectivity index (χ1v) is 9.98. The predicted molar refractivity (Wildman–Crippen MR) is 120 cm³/mol. The molecule has 32 heavy (non-hydrogen) atoms. The van der Waals surface area contributed by atoms with Gasteiger partial charge in [0.05, 0.1) is 13.5 Å².